The third kappa shape index (κ3) is 2.28. The van der Waals surface area contributed by atoms with Gasteiger partial charge in [-0.1, -0.05) is 12.1 Å². The summed E-state index contributed by atoms with van der Waals surface area (Å²) in [4.78, 5) is 26.1. The number of piperazine rings is 1. The van der Waals surface area contributed by atoms with E-state index < -0.39 is 5.54 Å². The summed E-state index contributed by atoms with van der Waals surface area (Å²) < 4.78 is 5.20. The van der Waals surface area contributed by atoms with E-state index >= 15 is 0 Å². The highest BCUT2D eigenvalue weighted by atomic mass is 16.5. The highest BCUT2D eigenvalue weighted by molar-refractivity contribution is 6.01. The first kappa shape index (κ1) is 13.4. The number of para-hydroxylation sites is 1. The minimum Gasteiger partial charge on any atom is -0.496 e. The highest BCUT2D eigenvalue weighted by Gasteiger charge is 2.41. The van der Waals surface area contributed by atoms with Crippen LogP contribution in [0.25, 0.3) is 0 Å². The Morgan fingerprint density at radius 2 is 2.05 bits per heavy atom. The van der Waals surface area contributed by atoms with Gasteiger partial charge in [-0.05, 0) is 26.0 Å². The van der Waals surface area contributed by atoms with E-state index in [-0.39, 0.29) is 11.8 Å². The molecule has 19 heavy (non-hydrogen) atoms. The molecule has 102 valence electrons. The molecule has 0 radical (unpaired) electrons. The van der Waals surface area contributed by atoms with Crippen molar-refractivity contribution in [3.05, 3.63) is 29.8 Å². The van der Waals surface area contributed by atoms with Crippen LogP contribution in [0.2, 0.25) is 0 Å². The molecule has 1 fully saturated rings. The highest BCUT2D eigenvalue weighted by Crippen LogP contribution is 2.25. The van der Waals surface area contributed by atoms with Crippen molar-refractivity contribution < 1.29 is 14.3 Å². The Balaban J connectivity index is 2.35. The molecular formula is C14H18N2O3. The van der Waals surface area contributed by atoms with Crippen molar-refractivity contribution in [3.63, 3.8) is 0 Å². The lowest BCUT2D eigenvalue weighted by Gasteiger charge is -2.41. The van der Waals surface area contributed by atoms with Gasteiger partial charge in [0.2, 0.25) is 5.91 Å². The van der Waals surface area contributed by atoms with Gasteiger partial charge in [0.05, 0.1) is 12.7 Å². The van der Waals surface area contributed by atoms with Gasteiger partial charge < -0.3 is 15.0 Å². The van der Waals surface area contributed by atoms with Crippen LogP contribution in [0.1, 0.15) is 24.2 Å². The zero-order chi connectivity index (χ0) is 14.0. The van der Waals surface area contributed by atoms with Crippen LogP contribution in [0.4, 0.5) is 0 Å². The summed E-state index contributed by atoms with van der Waals surface area (Å²) >= 11 is 0. The molecule has 0 saturated carbocycles. The molecular weight excluding hydrogens is 244 g/mol. The number of rotatable bonds is 2. The second kappa shape index (κ2) is 4.91. The maximum absolute atomic E-state index is 12.6. The number of benzene rings is 1. The standard InChI is InChI=1S/C14H18N2O3/c1-14(2)13(18)15-8-9-16(14)12(17)10-6-4-5-7-11(10)19-3/h4-7H,8-9H2,1-3H3,(H,15,18). The van der Waals surface area contributed by atoms with E-state index in [9.17, 15) is 9.59 Å². The average Bonchev–Trinajstić information content (AvgIpc) is 2.41. The van der Waals surface area contributed by atoms with E-state index in [1.165, 1.54) is 7.11 Å². The van der Waals surface area contributed by atoms with Gasteiger partial charge in [-0.25, -0.2) is 0 Å². The molecule has 5 nitrogen and oxygen atoms in total. The van der Waals surface area contributed by atoms with Crippen molar-refractivity contribution in [2.45, 2.75) is 19.4 Å². The predicted octanol–water partition coefficient (Wildman–Crippen LogP) is 1.05. The van der Waals surface area contributed by atoms with Crippen LogP contribution in [0.5, 0.6) is 5.75 Å². The molecule has 1 aromatic rings. The lowest BCUT2D eigenvalue weighted by molar-refractivity contribution is -0.133. The topological polar surface area (TPSA) is 58.6 Å². The van der Waals surface area contributed by atoms with Gasteiger partial charge in [0.15, 0.2) is 0 Å². The number of carbonyl (C=O) groups is 2. The molecule has 2 amide bonds. The normalized spacial score (nSPS) is 17.8. The van der Waals surface area contributed by atoms with Crippen LogP contribution in [-0.2, 0) is 4.79 Å². The predicted molar refractivity (Wildman–Crippen MR) is 71.1 cm³/mol. The lowest BCUT2D eigenvalue weighted by atomic mass is 9.97. The van der Waals surface area contributed by atoms with Crippen molar-refractivity contribution in [2.24, 2.45) is 0 Å². The zero-order valence-electron chi connectivity index (χ0n) is 11.4. The molecule has 1 aliphatic rings. The summed E-state index contributed by atoms with van der Waals surface area (Å²) in [7, 11) is 1.53. The van der Waals surface area contributed by atoms with E-state index in [0.29, 0.717) is 24.4 Å². The molecule has 0 spiro atoms. The van der Waals surface area contributed by atoms with Crippen LogP contribution in [0.3, 0.4) is 0 Å². The van der Waals surface area contributed by atoms with Gasteiger partial charge >= 0.3 is 0 Å². The number of ether oxygens (including phenoxy) is 1. The molecule has 0 bridgehead atoms. The maximum Gasteiger partial charge on any atom is 0.258 e. The van der Waals surface area contributed by atoms with Crippen molar-refractivity contribution in [1.82, 2.24) is 10.2 Å². The number of hydrogen-bond acceptors (Lipinski definition) is 3. The third-order valence-electron chi connectivity index (χ3n) is 3.43. The first-order valence-corrected chi connectivity index (χ1v) is 6.21. The second-order valence-electron chi connectivity index (χ2n) is 4.97. The van der Waals surface area contributed by atoms with Crippen LogP contribution >= 0.6 is 0 Å². The molecule has 0 atom stereocenters. The first-order valence-electron chi connectivity index (χ1n) is 6.21. The van der Waals surface area contributed by atoms with E-state index in [0.717, 1.165) is 0 Å². The van der Waals surface area contributed by atoms with Gasteiger partial charge in [0.1, 0.15) is 11.3 Å². The second-order valence-corrected chi connectivity index (χ2v) is 4.97. The number of hydrogen-bond donors (Lipinski definition) is 1. The fraction of sp³-hybridized carbons (Fsp3) is 0.429. The number of nitrogens with zero attached hydrogens (tertiary/aromatic N) is 1. The average molecular weight is 262 g/mol. The molecule has 0 aliphatic carbocycles. The van der Waals surface area contributed by atoms with Crippen LogP contribution in [0, 0.1) is 0 Å². The minimum absolute atomic E-state index is 0.137. The van der Waals surface area contributed by atoms with E-state index in [1.807, 2.05) is 6.07 Å². The Kier molecular flexibility index (Phi) is 3.46. The molecule has 1 N–H and O–H groups in total. The fourth-order valence-corrected chi connectivity index (χ4v) is 2.22. The third-order valence-corrected chi connectivity index (χ3v) is 3.43. The Morgan fingerprint density at radius 3 is 2.74 bits per heavy atom. The molecule has 0 aromatic heterocycles. The fourth-order valence-electron chi connectivity index (χ4n) is 2.22. The molecule has 1 heterocycles. The number of methoxy groups -OCH3 is 1. The Labute approximate surface area is 112 Å². The van der Waals surface area contributed by atoms with Crippen molar-refractivity contribution in [1.29, 1.82) is 0 Å². The summed E-state index contributed by atoms with van der Waals surface area (Å²) in [6, 6.07) is 7.05. The molecule has 2 rings (SSSR count). The Morgan fingerprint density at radius 1 is 1.37 bits per heavy atom. The summed E-state index contributed by atoms with van der Waals surface area (Å²) in [6.07, 6.45) is 0. The minimum atomic E-state index is -0.851. The van der Waals surface area contributed by atoms with Gasteiger partial charge in [-0.3, -0.25) is 9.59 Å². The van der Waals surface area contributed by atoms with Crippen LogP contribution in [0.15, 0.2) is 24.3 Å². The first-order chi connectivity index (χ1) is 8.98. The van der Waals surface area contributed by atoms with Crippen molar-refractivity contribution >= 4 is 11.8 Å². The van der Waals surface area contributed by atoms with Gasteiger partial charge in [-0.2, -0.15) is 0 Å². The van der Waals surface area contributed by atoms with Crippen LogP contribution in [-0.4, -0.2) is 42.5 Å². The Bertz CT molecular complexity index is 511. The number of amides is 2. The monoisotopic (exact) mass is 262 g/mol. The summed E-state index contributed by atoms with van der Waals surface area (Å²) in [5.74, 6) is 0.202. The summed E-state index contributed by atoms with van der Waals surface area (Å²) in [5, 5.41) is 2.77. The molecule has 1 aliphatic heterocycles. The Hall–Kier alpha value is -2.04. The maximum atomic E-state index is 12.6. The lowest BCUT2D eigenvalue weighted by Crippen LogP contribution is -2.63. The summed E-state index contributed by atoms with van der Waals surface area (Å²) in [5.41, 5.74) is -0.372. The SMILES string of the molecule is COc1ccccc1C(=O)N1CCNC(=O)C1(C)C. The summed E-state index contributed by atoms with van der Waals surface area (Å²) in [6.45, 7) is 4.46. The van der Waals surface area contributed by atoms with Crippen LogP contribution < -0.4 is 10.1 Å². The van der Waals surface area contributed by atoms with E-state index in [1.54, 1.807) is 36.9 Å². The van der Waals surface area contributed by atoms with Gasteiger partial charge in [-0.15, -0.1) is 0 Å². The molecule has 1 aromatic carbocycles. The van der Waals surface area contributed by atoms with E-state index in [2.05, 4.69) is 5.32 Å². The van der Waals surface area contributed by atoms with Crippen molar-refractivity contribution in [2.75, 3.05) is 20.2 Å². The van der Waals surface area contributed by atoms with E-state index in [4.69, 9.17) is 4.74 Å². The number of carbonyl (C=O) groups excluding carboxylic acids is 2. The largest absolute Gasteiger partial charge is 0.496 e. The quantitative estimate of drug-likeness (QED) is 0.866. The van der Waals surface area contributed by atoms with Crippen molar-refractivity contribution in [3.8, 4) is 5.75 Å². The smallest absolute Gasteiger partial charge is 0.258 e. The van der Waals surface area contributed by atoms with Gasteiger partial charge in [0, 0.05) is 13.1 Å². The number of nitrogens with one attached hydrogen (secondary N) is 1. The van der Waals surface area contributed by atoms with Gasteiger partial charge in [0.25, 0.3) is 5.91 Å². The zero-order valence-corrected chi connectivity index (χ0v) is 11.4. The molecule has 1 saturated heterocycles. The molecule has 0 unspecified atom stereocenters. The molecule has 5 heteroatoms.